The molecule has 3 N–H and O–H groups in total. The second-order valence-corrected chi connectivity index (χ2v) is 4.96. The highest BCUT2D eigenvalue weighted by Crippen LogP contribution is 2.16. The molecule has 1 amide bonds. The molecular formula is C14H22N2O2. The lowest BCUT2D eigenvalue weighted by molar-refractivity contribution is -0.120. The Kier molecular flexibility index (Phi) is 5.31. The minimum Gasteiger partial charge on any atom is -0.371 e. The van der Waals surface area contributed by atoms with Crippen LogP contribution >= 0.6 is 0 Å². The molecule has 100 valence electrons. The smallest absolute Gasteiger partial charge is 0.238 e. The van der Waals surface area contributed by atoms with E-state index in [1.54, 1.807) is 0 Å². The third kappa shape index (κ3) is 4.85. The van der Waals surface area contributed by atoms with Gasteiger partial charge in [-0.25, -0.2) is 5.84 Å². The van der Waals surface area contributed by atoms with E-state index in [2.05, 4.69) is 26.2 Å². The quantitative estimate of drug-likeness (QED) is 0.460. The Balaban J connectivity index is 2.53. The summed E-state index contributed by atoms with van der Waals surface area (Å²) < 4.78 is 5.81. The number of carbonyl (C=O) groups excluding carboxylic acids is 1. The van der Waals surface area contributed by atoms with E-state index < -0.39 is 0 Å². The van der Waals surface area contributed by atoms with Crippen molar-refractivity contribution in [3.63, 3.8) is 0 Å². The number of rotatable bonds is 6. The Morgan fingerprint density at radius 3 is 2.33 bits per heavy atom. The zero-order chi connectivity index (χ0) is 13.6. The fourth-order valence-corrected chi connectivity index (χ4v) is 1.37. The Morgan fingerprint density at radius 2 is 1.83 bits per heavy atom. The van der Waals surface area contributed by atoms with Crippen molar-refractivity contribution in [2.24, 2.45) is 5.84 Å². The molecule has 0 bridgehead atoms. The van der Waals surface area contributed by atoms with Crippen LogP contribution in [0.5, 0.6) is 0 Å². The van der Waals surface area contributed by atoms with Crippen LogP contribution in [0.2, 0.25) is 0 Å². The van der Waals surface area contributed by atoms with Crippen molar-refractivity contribution >= 4 is 5.91 Å². The van der Waals surface area contributed by atoms with E-state index in [1.807, 2.05) is 24.3 Å². The van der Waals surface area contributed by atoms with Crippen LogP contribution < -0.4 is 11.3 Å². The molecule has 0 aromatic heterocycles. The summed E-state index contributed by atoms with van der Waals surface area (Å²) in [5, 5.41) is 0. The zero-order valence-electron chi connectivity index (χ0n) is 11.3. The zero-order valence-corrected chi connectivity index (χ0v) is 11.3. The fraction of sp³-hybridized carbons (Fsp3) is 0.500. The van der Waals surface area contributed by atoms with Gasteiger partial charge in [0.1, 0.15) is 0 Å². The van der Waals surface area contributed by atoms with Crippen molar-refractivity contribution in [2.45, 2.75) is 45.8 Å². The van der Waals surface area contributed by atoms with E-state index in [0.29, 0.717) is 13.0 Å². The van der Waals surface area contributed by atoms with Gasteiger partial charge in [0.05, 0.1) is 18.6 Å². The van der Waals surface area contributed by atoms with Crippen molar-refractivity contribution in [1.29, 1.82) is 0 Å². The van der Waals surface area contributed by atoms with Gasteiger partial charge in [-0.2, -0.15) is 0 Å². The number of amides is 1. The van der Waals surface area contributed by atoms with Crippen LogP contribution in [0.4, 0.5) is 0 Å². The first-order chi connectivity index (χ1) is 8.46. The van der Waals surface area contributed by atoms with Gasteiger partial charge in [0.25, 0.3) is 0 Å². The average molecular weight is 250 g/mol. The molecule has 0 spiro atoms. The minimum absolute atomic E-state index is 0.0991. The lowest BCUT2D eigenvalue weighted by Gasteiger charge is -2.23. The molecule has 0 fully saturated rings. The molecule has 0 saturated carbocycles. The molecule has 0 aliphatic heterocycles. The lowest BCUT2D eigenvalue weighted by atomic mass is 10.1. The maximum Gasteiger partial charge on any atom is 0.238 e. The van der Waals surface area contributed by atoms with Gasteiger partial charge in [-0.1, -0.05) is 31.2 Å². The maximum absolute atomic E-state index is 11.1. The topological polar surface area (TPSA) is 64.3 Å². The van der Waals surface area contributed by atoms with Crippen molar-refractivity contribution < 1.29 is 9.53 Å². The number of nitrogens with two attached hydrogens (primary N) is 1. The molecule has 0 unspecified atom stereocenters. The number of nitrogens with one attached hydrogen (secondary N) is 1. The van der Waals surface area contributed by atoms with Gasteiger partial charge >= 0.3 is 0 Å². The van der Waals surface area contributed by atoms with Gasteiger partial charge < -0.3 is 4.74 Å². The summed E-state index contributed by atoms with van der Waals surface area (Å²) in [5.41, 5.74) is 4.06. The summed E-state index contributed by atoms with van der Waals surface area (Å²) in [6.45, 7) is 6.85. The first kappa shape index (κ1) is 14.7. The molecule has 4 heteroatoms. The molecule has 18 heavy (non-hydrogen) atoms. The second-order valence-electron chi connectivity index (χ2n) is 4.96. The Bertz CT molecular complexity index is 385. The van der Waals surface area contributed by atoms with Gasteiger partial charge in [-0.05, 0) is 31.4 Å². The summed E-state index contributed by atoms with van der Waals surface area (Å²) in [6, 6.07) is 7.80. The van der Waals surface area contributed by atoms with Gasteiger partial charge in [0, 0.05) is 0 Å². The average Bonchev–Trinajstić information content (AvgIpc) is 2.38. The van der Waals surface area contributed by atoms with Crippen LogP contribution in [0, 0.1) is 0 Å². The number of ether oxygens (including phenoxy) is 1. The normalized spacial score (nSPS) is 11.3. The monoisotopic (exact) mass is 250 g/mol. The Morgan fingerprint density at radius 1 is 1.28 bits per heavy atom. The van der Waals surface area contributed by atoms with Gasteiger partial charge in [0.2, 0.25) is 5.91 Å². The number of benzene rings is 1. The summed E-state index contributed by atoms with van der Waals surface area (Å²) in [7, 11) is 0. The Hall–Kier alpha value is -1.39. The van der Waals surface area contributed by atoms with Gasteiger partial charge in [0.15, 0.2) is 0 Å². The minimum atomic E-state index is -0.189. The molecule has 0 aliphatic rings. The van der Waals surface area contributed by atoms with Crippen LogP contribution in [0.15, 0.2) is 24.3 Å². The fourth-order valence-electron chi connectivity index (χ4n) is 1.37. The summed E-state index contributed by atoms with van der Waals surface area (Å²) in [4.78, 5) is 11.1. The third-order valence-electron chi connectivity index (χ3n) is 3.03. The van der Waals surface area contributed by atoms with E-state index in [4.69, 9.17) is 10.6 Å². The van der Waals surface area contributed by atoms with Crippen molar-refractivity contribution in [1.82, 2.24) is 5.43 Å². The van der Waals surface area contributed by atoms with Crippen molar-refractivity contribution in [3.8, 4) is 0 Å². The van der Waals surface area contributed by atoms with Crippen LogP contribution in [0.1, 0.15) is 38.3 Å². The van der Waals surface area contributed by atoms with E-state index in [-0.39, 0.29) is 11.5 Å². The number of carbonyl (C=O) groups is 1. The van der Waals surface area contributed by atoms with Crippen LogP contribution in [-0.4, -0.2) is 11.5 Å². The first-order valence-electron chi connectivity index (χ1n) is 6.18. The standard InChI is InChI=1S/C14H22N2O2/c1-4-14(2,3)18-10-12-7-5-11(6-8-12)9-13(17)16-15/h5-8H,4,9-10,15H2,1-3H3,(H,16,17). The van der Waals surface area contributed by atoms with Gasteiger partial charge in [-0.3, -0.25) is 10.2 Å². The summed E-state index contributed by atoms with van der Waals surface area (Å²) >= 11 is 0. The molecule has 4 nitrogen and oxygen atoms in total. The first-order valence-corrected chi connectivity index (χ1v) is 6.18. The molecule has 1 aromatic rings. The predicted octanol–water partition coefficient (Wildman–Crippen LogP) is 1.92. The summed E-state index contributed by atoms with van der Waals surface area (Å²) in [6.07, 6.45) is 1.28. The summed E-state index contributed by atoms with van der Waals surface area (Å²) in [5.74, 6) is 4.85. The highest BCUT2D eigenvalue weighted by molar-refractivity contribution is 5.77. The van der Waals surface area contributed by atoms with Crippen LogP contribution in [-0.2, 0) is 22.6 Å². The van der Waals surface area contributed by atoms with E-state index >= 15 is 0 Å². The number of hydrazine groups is 1. The van der Waals surface area contributed by atoms with Crippen molar-refractivity contribution in [2.75, 3.05) is 0 Å². The van der Waals surface area contributed by atoms with Crippen LogP contribution in [0.3, 0.4) is 0 Å². The molecule has 0 saturated heterocycles. The number of hydrogen-bond acceptors (Lipinski definition) is 3. The molecule has 1 rings (SSSR count). The molecule has 0 atom stereocenters. The number of hydrogen-bond donors (Lipinski definition) is 2. The van der Waals surface area contributed by atoms with Crippen molar-refractivity contribution in [3.05, 3.63) is 35.4 Å². The highest BCUT2D eigenvalue weighted by atomic mass is 16.5. The lowest BCUT2D eigenvalue weighted by Crippen LogP contribution is -2.31. The largest absolute Gasteiger partial charge is 0.371 e. The molecule has 0 heterocycles. The molecular weight excluding hydrogens is 228 g/mol. The third-order valence-corrected chi connectivity index (χ3v) is 3.03. The second kappa shape index (κ2) is 6.52. The molecule has 0 radical (unpaired) electrons. The predicted molar refractivity (Wildman–Crippen MR) is 71.6 cm³/mol. The molecule has 1 aromatic carbocycles. The van der Waals surface area contributed by atoms with Gasteiger partial charge in [-0.15, -0.1) is 0 Å². The van der Waals surface area contributed by atoms with E-state index in [9.17, 15) is 4.79 Å². The van der Waals surface area contributed by atoms with Crippen LogP contribution in [0.25, 0.3) is 0 Å². The molecule has 0 aliphatic carbocycles. The van der Waals surface area contributed by atoms with E-state index in [0.717, 1.165) is 17.5 Å². The van der Waals surface area contributed by atoms with E-state index in [1.165, 1.54) is 0 Å². The highest BCUT2D eigenvalue weighted by Gasteiger charge is 2.14. The Labute approximate surface area is 108 Å². The maximum atomic E-state index is 11.1. The SMILES string of the molecule is CCC(C)(C)OCc1ccc(CC(=O)NN)cc1.